The third-order valence-electron chi connectivity index (χ3n) is 2.22. The first-order valence-corrected chi connectivity index (χ1v) is 5.75. The van der Waals surface area contributed by atoms with Crippen molar-refractivity contribution in [1.82, 2.24) is 15.5 Å². The molecule has 0 aliphatic rings. The molecule has 0 bridgehead atoms. The lowest BCUT2D eigenvalue weighted by Crippen LogP contribution is -2.35. The number of nitrogens with one attached hydrogen (secondary N) is 1. The summed E-state index contributed by atoms with van der Waals surface area (Å²) in [6.45, 7) is 5.60. The first-order chi connectivity index (χ1) is 8.02. The molecular weight excluding hydrogens is 222 g/mol. The predicted molar refractivity (Wildman–Crippen MR) is 61.4 cm³/mol. The maximum Gasteiger partial charge on any atom is 0.220 e. The number of aromatic nitrogens is 2. The van der Waals surface area contributed by atoms with Crippen LogP contribution in [0.4, 0.5) is 0 Å². The van der Waals surface area contributed by atoms with Gasteiger partial charge in [-0.05, 0) is 6.92 Å². The largest absolute Gasteiger partial charge is 0.425 e. The first-order valence-electron chi connectivity index (χ1n) is 5.75. The molecule has 0 fully saturated rings. The van der Waals surface area contributed by atoms with Gasteiger partial charge in [0, 0.05) is 24.8 Å². The number of hydrogen-bond donors (Lipinski definition) is 2. The van der Waals surface area contributed by atoms with Crippen molar-refractivity contribution in [1.29, 1.82) is 0 Å². The highest BCUT2D eigenvalue weighted by Crippen LogP contribution is 2.12. The minimum absolute atomic E-state index is 0.0657. The number of carbonyl (C=O) groups is 1. The second-order valence-corrected chi connectivity index (χ2v) is 4.34. The van der Waals surface area contributed by atoms with Gasteiger partial charge in [-0.15, -0.1) is 10.2 Å². The fourth-order valence-corrected chi connectivity index (χ4v) is 1.21. The molecule has 6 heteroatoms. The van der Waals surface area contributed by atoms with Gasteiger partial charge in [0.1, 0.15) is 0 Å². The van der Waals surface area contributed by atoms with Gasteiger partial charge in [-0.3, -0.25) is 4.79 Å². The fraction of sp³-hybridized carbons (Fsp3) is 0.727. The van der Waals surface area contributed by atoms with Crippen LogP contribution in [0.1, 0.15) is 44.9 Å². The van der Waals surface area contributed by atoms with Crippen LogP contribution in [0, 0.1) is 0 Å². The van der Waals surface area contributed by atoms with Gasteiger partial charge in [-0.1, -0.05) is 13.8 Å². The van der Waals surface area contributed by atoms with Crippen molar-refractivity contribution >= 4 is 5.91 Å². The van der Waals surface area contributed by atoms with Crippen LogP contribution in [0.25, 0.3) is 0 Å². The molecule has 0 saturated heterocycles. The van der Waals surface area contributed by atoms with E-state index < -0.39 is 0 Å². The molecule has 17 heavy (non-hydrogen) atoms. The molecule has 1 atom stereocenters. The number of amides is 1. The molecule has 0 aromatic carbocycles. The Morgan fingerprint density at radius 3 is 2.65 bits per heavy atom. The van der Waals surface area contributed by atoms with Crippen LogP contribution >= 0.6 is 0 Å². The van der Waals surface area contributed by atoms with Crippen molar-refractivity contribution in [3.8, 4) is 0 Å². The predicted octanol–water partition coefficient (Wildman–Crippen LogP) is 0.623. The second kappa shape index (κ2) is 6.34. The van der Waals surface area contributed by atoms with E-state index in [2.05, 4.69) is 15.5 Å². The average molecular weight is 241 g/mol. The molecule has 96 valence electrons. The molecule has 1 aromatic heterocycles. The van der Waals surface area contributed by atoms with Crippen molar-refractivity contribution in [2.24, 2.45) is 0 Å². The molecule has 1 unspecified atom stereocenters. The maximum atomic E-state index is 11.4. The van der Waals surface area contributed by atoms with E-state index in [1.54, 1.807) is 6.92 Å². The van der Waals surface area contributed by atoms with E-state index in [1.165, 1.54) is 0 Å². The van der Waals surface area contributed by atoms with E-state index in [0.29, 0.717) is 18.2 Å². The number of hydrogen-bond acceptors (Lipinski definition) is 5. The highest BCUT2D eigenvalue weighted by Gasteiger charge is 2.12. The summed E-state index contributed by atoms with van der Waals surface area (Å²) in [6.07, 6.45) is 0.702. The minimum Gasteiger partial charge on any atom is -0.425 e. The van der Waals surface area contributed by atoms with Gasteiger partial charge >= 0.3 is 0 Å². The summed E-state index contributed by atoms with van der Waals surface area (Å²) in [5.41, 5.74) is 0. The summed E-state index contributed by atoms with van der Waals surface area (Å²) in [6, 6.07) is -0.226. The normalized spacial score (nSPS) is 12.8. The monoisotopic (exact) mass is 241 g/mol. The lowest BCUT2D eigenvalue weighted by Gasteiger charge is -2.09. The van der Waals surface area contributed by atoms with E-state index in [4.69, 9.17) is 9.52 Å². The zero-order valence-electron chi connectivity index (χ0n) is 10.4. The lowest BCUT2D eigenvalue weighted by atomic mass is 10.2. The summed E-state index contributed by atoms with van der Waals surface area (Å²) >= 11 is 0. The summed E-state index contributed by atoms with van der Waals surface area (Å²) in [4.78, 5) is 11.4. The van der Waals surface area contributed by atoms with Gasteiger partial charge < -0.3 is 14.8 Å². The highest BCUT2D eigenvalue weighted by atomic mass is 16.4. The second-order valence-electron chi connectivity index (χ2n) is 4.34. The minimum atomic E-state index is -0.226. The van der Waals surface area contributed by atoms with Gasteiger partial charge in [0.25, 0.3) is 0 Å². The van der Waals surface area contributed by atoms with Crippen LogP contribution in [0.15, 0.2) is 4.42 Å². The Labute approximate surface area is 100 Å². The molecule has 1 heterocycles. The van der Waals surface area contributed by atoms with Gasteiger partial charge in [-0.25, -0.2) is 0 Å². The highest BCUT2D eigenvalue weighted by molar-refractivity contribution is 5.76. The van der Waals surface area contributed by atoms with Crippen LogP contribution < -0.4 is 5.32 Å². The Morgan fingerprint density at radius 1 is 1.41 bits per heavy atom. The lowest BCUT2D eigenvalue weighted by molar-refractivity contribution is -0.122. The van der Waals surface area contributed by atoms with E-state index >= 15 is 0 Å². The standard InChI is InChI=1S/C11H19N3O3/c1-7(2)11-14-13-10(17-11)5-4-9(16)12-8(3)6-15/h7-8,15H,4-6H2,1-3H3,(H,12,16). The first kappa shape index (κ1) is 13.6. The summed E-state index contributed by atoms with van der Waals surface area (Å²) in [5, 5.41) is 19.2. The average Bonchev–Trinajstić information content (AvgIpc) is 2.75. The third kappa shape index (κ3) is 4.52. The number of nitrogens with zero attached hydrogens (tertiary/aromatic N) is 2. The smallest absolute Gasteiger partial charge is 0.220 e. The van der Waals surface area contributed by atoms with Crippen molar-refractivity contribution in [3.63, 3.8) is 0 Å². The Kier molecular flexibility index (Phi) is 5.09. The number of carbonyl (C=O) groups excluding carboxylic acids is 1. The van der Waals surface area contributed by atoms with Crippen LogP contribution in [0.3, 0.4) is 0 Å². The molecule has 0 spiro atoms. The maximum absolute atomic E-state index is 11.4. The van der Waals surface area contributed by atoms with Crippen LogP contribution in [-0.2, 0) is 11.2 Å². The molecule has 2 N–H and O–H groups in total. The Bertz CT molecular complexity index is 363. The van der Waals surface area contributed by atoms with E-state index in [1.807, 2.05) is 13.8 Å². The van der Waals surface area contributed by atoms with E-state index in [0.717, 1.165) is 0 Å². The molecule has 1 rings (SSSR count). The van der Waals surface area contributed by atoms with Crippen molar-refractivity contribution in [2.75, 3.05) is 6.61 Å². The zero-order valence-corrected chi connectivity index (χ0v) is 10.4. The van der Waals surface area contributed by atoms with Crippen LogP contribution in [-0.4, -0.2) is 33.9 Å². The molecular formula is C11H19N3O3. The summed E-state index contributed by atoms with van der Waals surface area (Å²) < 4.78 is 5.38. The number of aliphatic hydroxyl groups excluding tert-OH is 1. The van der Waals surface area contributed by atoms with Gasteiger partial charge in [0.05, 0.1) is 6.61 Å². The number of rotatable bonds is 6. The van der Waals surface area contributed by atoms with Crippen LogP contribution in [0.2, 0.25) is 0 Å². The SMILES string of the molecule is CC(CO)NC(=O)CCc1nnc(C(C)C)o1. The number of aryl methyl sites for hydroxylation is 1. The molecule has 0 radical (unpaired) electrons. The number of aliphatic hydroxyl groups is 1. The Balaban J connectivity index is 2.37. The quantitative estimate of drug-likeness (QED) is 0.762. The van der Waals surface area contributed by atoms with Gasteiger partial charge in [0.2, 0.25) is 17.7 Å². The van der Waals surface area contributed by atoms with Crippen molar-refractivity contribution in [3.05, 3.63) is 11.8 Å². The van der Waals surface area contributed by atoms with Crippen molar-refractivity contribution in [2.45, 2.75) is 45.6 Å². The molecule has 0 aliphatic heterocycles. The molecule has 1 aromatic rings. The van der Waals surface area contributed by atoms with E-state index in [-0.39, 0.29) is 30.9 Å². The topological polar surface area (TPSA) is 88.2 Å². The van der Waals surface area contributed by atoms with Gasteiger partial charge in [0.15, 0.2) is 0 Å². The fourth-order valence-electron chi connectivity index (χ4n) is 1.21. The summed E-state index contributed by atoms with van der Waals surface area (Å²) in [7, 11) is 0. The third-order valence-corrected chi connectivity index (χ3v) is 2.22. The van der Waals surface area contributed by atoms with E-state index in [9.17, 15) is 4.79 Å². The zero-order chi connectivity index (χ0) is 12.8. The molecule has 6 nitrogen and oxygen atoms in total. The molecule has 0 aliphatic carbocycles. The van der Waals surface area contributed by atoms with Crippen LogP contribution in [0.5, 0.6) is 0 Å². The molecule has 0 saturated carbocycles. The summed E-state index contributed by atoms with van der Waals surface area (Å²) in [5.74, 6) is 1.12. The Morgan fingerprint density at radius 2 is 2.12 bits per heavy atom. The van der Waals surface area contributed by atoms with Gasteiger partial charge in [-0.2, -0.15) is 0 Å². The molecule has 1 amide bonds. The van der Waals surface area contributed by atoms with Crippen molar-refractivity contribution < 1.29 is 14.3 Å². The Hall–Kier alpha value is -1.43.